The molecule has 0 amide bonds. The average molecular weight is 275 g/mol. The predicted molar refractivity (Wildman–Crippen MR) is 80.3 cm³/mol. The number of benzene rings is 2. The Labute approximate surface area is 128 Å². The molecule has 0 unspecified atom stereocenters. The largest absolute Gasteiger partial charge is 0.506 e. The molecule has 3 radical (unpaired) electrons. The zero-order valence-electron chi connectivity index (χ0n) is 10.8. The number of phenolic OH excluding ortho intramolecular Hbond substituents is 1. The Kier molecular flexibility index (Phi) is 6.27. The van der Waals surface area contributed by atoms with Crippen molar-refractivity contribution in [2.75, 3.05) is 0 Å². The van der Waals surface area contributed by atoms with Crippen LogP contribution < -0.4 is 0 Å². The van der Waals surface area contributed by atoms with Crippen LogP contribution in [0.5, 0.6) is 5.75 Å². The van der Waals surface area contributed by atoms with Crippen LogP contribution in [0.4, 0.5) is 0 Å². The summed E-state index contributed by atoms with van der Waals surface area (Å²) in [5.74, 6) is 0.239. The molecule has 0 aliphatic rings. The number of phenols is 1. The van der Waals surface area contributed by atoms with Crippen LogP contribution in [-0.2, 0) is 0 Å². The van der Waals surface area contributed by atoms with Crippen molar-refractivity contribution in [3.05, 3.63) is 72.4 Å². The number of nitrogens with zero attached hydrogens (tertiary/aromatic N) is 2. The summed E-state index contributed by atoms with van der Waals surface area (Å²) in [5.41, 5.74) is 1.38. The Morgan fingerprint density at radius 3 is 2.20 bits per heavy atom. The zero-order valence-corrected chi connectivity index (χ0v) is 11.9. The molecule has 3 nitrogen and oxygen atoms in total. The number of hydrogen-bond donors (Lipinski definition) is 1. The summed E-state index contributed by atoms with van der Waals surface area (Å²) in [5, 5.41) is 18.6. The van der Waals surface area contributed by atoms with Crippen LogP contribution in [0, 0.1) is 11.3 Å². The van der Waals surface area contributed by atoms with Gasteiger partial charge in [0, 0.05) is 28.9 Å². The first-order valence-corrected chi connectivity index (χ1v) is 5.79. The summed E-state index contributed by atoms with van der Waals surface area (Å²) in [6.07, 6.45) is 1.67. The van der Waals surface area contributed by atoms with Crippen molar-refractivity contribution in [3.63, 3.8) is 0 Å². The van der Waals surface area contributed by atoms with E-state index in [1.807, 2.05) is 42.5 Å². The Bertz CT molecular complexity index is 703. The van der Waals surface area contributed by atoms with E-state index in [1.165, 1.54) is 0 Å². The summed E-state index contributed by atoms with van der Waals surface area (Å²) in [7, 11) is 0. The topological polar surface area (TPSA) is 56.9 Å². The van der Waals surface area contributed by atoms with Gasteiger partial charge in [0.25, 0.3) is 0 Å². The van der Waals surface area contributed by atoms with Gasteiger partial charge in [-0.15, -0.1) is 0 Å². The Balaban J connectivity index is 0.000000200. The van der Waals surface area contributed by atoms with Crippen LogP contribution in [0.3, 0.4) is 0 Å². The van der Waals surface area contributed by atoms with Crippen molar-refractivity contribution in [2.24, 2.45) is 0 Å². The van der Waals surface area contributed by atoms with Gasteiger partial charge in [-0.25, -0.2) is 0 Å². The highest BCUT2D eigenvalue weighted by Gasteiger charge is 1.96. The summed E-state index contributed by atoms with van der Waals surface area (Å²) in [6, 6.07) is 20.3. The van der Waals surface area contributed by atoms with Crippen LogP contribution >= 0.6 is 0 Å². The molecule has 1 N–H and O–H groups in total. The molecule has 4 heteroatoms. The molecular formula is C16H12AlN2O. The lowest BCUT2D eigenvalue weighted by Gasteiger charge is -1.96. The molecule has 3 rings (SSSR count). The summed E-state index contributed by atoms with van der Waals surface area (Å²) < 4.78 is 0. The van der Waals surface area contributed by atoms with E-state index in [1.54, 1.807) is 30.5 Å². The van der Waals surface area contributed by atoms with Gasteiger partial charge in [0.1, 0.15) is 11.3 Å². The van der Waals surface area contributed by atoms with Crippen molar-refractivity contribution in [2.45, 2.75) is 0 Å². The maximum atomic E-state index is 9.31. The van der Waals surface area contributed by atoms with Gasteiger partial charge >= 0.3 is 0 Å². The number of nitriles is 1. The van der Waals surface area contributed by atoms with Crippen molar-refractivity contribution < 1.29 is 5.11 Å². The van der Waals surface area contributed by atoms with Gasteiger partial charge in [0.05, 0.1) is 11.6 Å². The molecule has 95 valence electrons. The van der Waals surface area contributed by atoms with Gasteiger partial charge in [0.2, 0.25) is 0 Å². The first-order chi connectivity index (χ1) is 9.31. The van der Waals surface area contributed by atoms with Crippen LogP contribution in [0.1, 0.15) is 5.56 Å². The number of fused-ring (bicyclic) bond motifs is 1. The normalized spacial score (nSPS) is 8.75. The number of para-hydroxylation sites is 1. The molecule has 0 bridgehead atoms. The summed E-state index contributed by atoms with van der Waals surface area (Å²) >= 11 is 0. The number of aromatic hydroxyl groups is 1. The third-order valence-corrected chi connectivity index (χ3v) is 2.51. The second-order valence-electron chi connectivity index (χ2n) is 3.83. The van der Waals surface area contributed by atoms with Crippen molar-refractivity contribution in [3.8, 4) is 11.8 Å². The smallest absolute Gasteiger partial charge is 0.141 e. The molecule has 0 fully saturated rings. The lowest BCUT2D eigenvalue weighted by atomic mass is 10.2. The van der Waals surface area contributed by atoms with Gasteiger partial charge in [-0.2, -0.15) is 5.26 Å². The quantitative estimate of drug-likeness (QED) is 0.641. The first kappa shape index (κ1) is 15.7. The Hall–Kier alpha value is -2.33. The van der Waals surface area contributed by atoms with Crippen LogP contribution in [0.15, 0.2) is 66.9 Å². The summed E-state index contributed by atoms with van der Waals surface area (Å²) in [4.78, 5) is 4.03. The minimum atomic E-state index is 0. The molecule has 0 spiro atoms. The van der Waals surface area contributed by atoms with Gasteiger partial charge in [-0.3, -0.25) is 4.98 Å². The highest BCUT2D eigenvalue weighted by atomic mass is 27.0. The maximum absolute atomic E-state index is 9.31. The van der Waals surface area contributed by atoms with Gasteiger partial charge < -0.3 is 5.11 Å². The van der Waals surface area contributed by atoms with Crippen molar-refractivity contribution >= 4 is 28.3 Å². The molecular weight excluding hydrogens is 263 g/mol. The van der Waals surface area contributed by atoms with Crippen molar-refractivity contribution in [1.82, 2.24) is 4.98 Å². The van der Waals surface area contributed by atoms with Gasteiger partial charge in [0.15, 0.2) is 0 Å². The second-order valence-corrected chi connectivity index (χ2v) is 3.83. The molecule has 20 heavy (non-hydrogen) atoms. The standard InChI is InChI=1S/C9H7NO.C7H5N.Al/c11-8-5-1-3-7-4-2-6-10-9(7)8;8-6-7-4-2-1-3-5-7;/h1-6,11H;1-5H;. The fourth-order valence-corrected chi connectivity index (χ4v) is 1.60. The Morgan fingerprint density at radius 2 is 1.60 bits per heavy atom. The van der Waals surface area contributed by atoms with Crippen LogP contribution in [0.25, 0.3) is 10.9 Å². The third-order valence-electron chi connectivity index (χ3n) is 2.51. The summed E-state index contributed by atoms with van der Waals surface area (Å²) in [6.45, 7) is 0. The molecule has 1 aromatic heterocycles. The van der Waals surface area contributed by atoms with E-state index in [9.17, 15) is 5.11 Å². The van der Waals surface area contributed by atoms with Crippen molar-refractivity contribution in [1.29, 1.82) is 5.26 Å². The minimum Gasteiger partial charge on any atom is -0.506 e. The molecule has 0 aliphatic heterocycles. The molecule has 0 saturated carbocycles. The molecule has 1 heterocycles. The predicted octanol–water partition coefficient (Wildman–Crippen LogP) is 3.12. The van der Waals surface area contributed by atoms with E-state index in [0.717, 1.165) is 5.39 Å². The van der Waals surface area contributed by atoms with Gasteiger partial charge in [-0.1, -0.05) is 36.4 Å². The Morgan fingerprint density at radius 1 is 0.900 bits per heavy atom. The number of aromatic nitrogens is 1. The van der Waals surface area contributed by atoms with Crippen LogP contribution in [0.2, 0.25) is 0 Å². The molecule has 0 saturated heterocycles. The van der Waals surface area contributed by atoms with E-state index in [2.05, 4.69) is 4.98 Å². The highest BCUT2D eigenvalue weighted by Crippen LogP contribution is 2.20. The molecule has 2 aromatic carbocycles. The number of hydrogen-bond acceptors (Lipinski definition) is 3. The molecule has 0 aliphatic carbocycles. The van der Waals surface area contributed by atoms with E-state index >= 15 is 0 Å². The average Bonchev–Trinajstić information content (AvgIpc) is 2.49. The zero-order chi connectivity index (χ0) is 13.5. The highest BCUT2D eigenvalue weighted by molar-refractivity contribution is 5.83. The van der Waals surface area contributed by atoms with E-state index in [0.29, 0.717) is 11.1 Å². The lowest BCUT2D eigenvalue weighted by Crippen LogP contribution is -1.76. The molecule has 3 aromatic rings. The minimum absolute atomic E-state index is 0. The van der Waals surface area contributed by atoms with E-state index < -0.39 is 0 Å². The first-order valence-electron chi connectivity index (χ1n) is 5.79. The van der Waals surface area contributed by atoms with Gasteiger partial charge in [-0.05, 0) is 24.3 Å². The van der Waals surface area contributed by atoms with E-state index in [4.69, 9.17) is 5.26 Å². The number of pyridine rings is 1. The third kappa shape index (κ3) is 4.10. The second kappa shape index (κ2) is 7.97. The lowest BCUT2D eigenvalue weighted by molar-refractivity contribution is 0.480. The molecule has 0 atom stereocenters. The monoisotopic (exact) mass is 275 g/mol. The fourth-order valence-electron chi connectivity index (χ4n) is 1.60. The maximum Gasteiger partial charge on any atom is 0.141 e. The fraction of sp³-hybridized carbons (Fsp3) is 0. The van der Waals surface area contributed by atoms with Crippen LogP contribution in [-0.4, -0.2) is 27.5 Å². The SMILES string of the molecule is N#Cc1ccccc1.Oc1cccc2cccnc12.[Al]. The number of rotatable bonds is 0. The van der Waals surface area contributed by atoms with E-state index in [-0.39, 0.29) is 23.1 Å².